The zero-order valence-electron chi connectivity index (χ0n) is 20.8. The molecule has 9 heteroatoms. The van der Waals surface area contributed by atoms with Gasteiger partial charge in [0.15, 0.2) is 0 Å². The number of carbonyl (C=O) groups is 1. The first-order chi connectivity index (χ1) is 18.4. The van der Waals surface area contributed by atoms with Crippen LogP contribution in [-0.4, -0.2) is 18.1 Å². The number of carbonyl (C=O) groups excluding carboxylic acids is 1. The van der Waals surface area contributed by atoms with Crippen molar-refractivity contribution < 1.29 is 31.1 Å². The Morgan fingerprint density at radius 1 is 0.667 bits per heavy atom. The lowest BCUT2D eigenvalue weighted by atomic mass is 10.0. The van der Waals surface area contributed by atoms with E-state index in [0.29, 0.717) is 18.3 Å². The molecule has 202 valence electrons. The van der Waals surface area contributed by atoms with E-state index in [4.69, 9.17) is 0 Å². The molecule has 0 aliphatic heterocycles. The Bertz CT molecular complexity index is 1280. The third kappa shape index (κ3) is 6.34. The first kappa shape index (κ1) is 28.4. The maximum absolute atomic E-state index is 13.4. The van der Waals surface area contributed by atoms with Crippen molar-refractivity contribution in [2.45, 2.75) is 25.3 Å². The van der Waals surface area contributed by atoms with Crippen molar-refractivity contribution in [3.63, 3.8) is 0 Å². The summed E-state index contributed by atoms with van der Waals surface area (Å²) in [4.78, 5) is 13.1. The highest BCUT2D eigenvalue weighted by Crippen LogP contribution is 2.55. The number of nitrogens with one attached hydrogen (secondary N) is 1. The van der Waals surface area contributed by atoms with E-state index in [-0.39, 0.29) is 6.07 Å². The molecule has 4 aromatic carbocycles. The number of rotatable bonds is 7. The molecule has 0 heterocycles. The van der Waals surface area contributed by atoms with Crippen molar-refractivity contribution in [3.8, 4) is 0 Å². The van der Waals surface area contributed by atoms with Crippen LogP contribution in [0.3, 0.4) is 0 Å². The fourth-order valence-electron chi connectivity index (χ4n) is 4.66. The number of alkyl halides is 6. The SMILES string of the molecule is C[C@@H](C[P+](c1ccccc1)(c1ccccc1)c1ccccc1)NC(=O)c1cc(C(F)(F)F)cc(C(F)(F)F)c1. The van der Waals surface area contributed by atoms with Crippen molar-refractivity contribution in [1.82, 2.24) is 5.32 Å². The molecule has 0 spiro atoms. The second-order valence-corrected chi connectivity index (χ2v) is 12.7. The lowest BCUT2D eigenvalue weighted by Gasteiger charge is -2.30. The number of hydrogen-bond donors (Lipinski definition) is 1. The lowest BCUT2D eigenvalue weighted by molar-refractivity contribution is -0.143. The normalized spacial score (nSPS) is 13.1. The number of halogens is 6. The van der Waals surface area contributed by atoms with E-state index < -0.39 is 48.3 Å². The molecule has 1 N–H and O–H groups in total. The summed E-state index contributed by atoms with van der Waals surface area (Å²) in [6.45, 7) is 1.71. The molecule has 0 saturated carbocycles. The van der Waals surface area contributed by atoms with Crippen LogP contribution in [-0.2, 0) is 12.4 Å². The van der Waals surface area contributed by atoms with Crippen LogP contribution in [0.25, 0.3) is 0 Å². The lowest BCUT2D eigenvalue weighted by Crippen LogP contribution is -2.42. The minimum absolute atomic E-state index is 0.0109. The van der Waals surface area contributed by atoms with Crippen LogP contribution in [0.2, 0.25) is 0 Å². The predicted octanol–water partition coefficient (Wildman–Crippen LogP) is 6.84. The molecule has 4 rings (SSSR count). The van der Waals surface area contributed by atoms with Crippen LogP contribution in [0.4, 0.5) is 26.3 Å². The molecular weight excluding hydrogens is 535 g/mol. The molecule has 0 aromatic heterocycles. The molecule has 4 aromatic rings. The summed E-state index contributed by atoms with van der Waals surface area (Å²) >= 11 is 0. The number of amides is 1. The van der Waals surface area contributed by atoms with E-state index in [0.717, 1.165) is 15.9 Å². The van der Waals surface area contributed by atoms with Gasteiger partial charge in [-0.1, -0.05) is 54.6 Å². The number of benzene rings is 4. The van der Waals surface area contributed by atoms with E-state index in [1.807, 2.05) is 91.0 Å². The van der Waals surface area contributed by atoms with Crippen molar-refractivity contribution >= 4 is 29.1 Å². The van der Waals surface area contributed by atoms with E-state index in [9.17, 15) is 31.1 Å². The third-order valence-electron chi connectivity index (χ3n) is 6.37. The molecule has 0 bridgehead atoms. The Labute approximate surface area is 223 Å². The van der Waals surface area contributed by atoms with Crippen LogP contribution in [0.15, 0.2) is 109 Å². The molecule has 0 aliphatic rings. The molecule has 0 fully saturated rings. The van der Waals surface area contributed by atoms with Crippen LogP contribution < -0.4 is 21.2 Å². The van der Waals surface area contributed by atoms with E-state index in [1.165, 1.54) is 0 Å². The second-order valence-electron chi connectivity index (χ2n) is 9.17. The first-order valence-electron chi connectivity index (χ1n) is 12.1. The smallest absolute Gasteiger partial charge is 0.346 e. The summed E-state index contributed by atoms with van der Waals surface area (Å²) in [7, 11) is -2.40. The van der Waals surface area contributed by atoms with Gasteiger partial charge in [0.1, 0.15) is 23.2 Å². The van der Waals surface area contributed by atoms with Gasteiger partial charge in [-0.15, -0.1) is 0 Å². The fourth-order valence-corrected chi connectivity index (χ4v) is 9.14. The van der Waals surface area contributed by atoms with Gasteiger partial charge in [0.05, 0.1) is 23.3 Å². The Morgan fingerprint density at radius 2 is 1.03 bits per heavy atom. The van der Waals surface area contributed by atoms with Crippen molar-refractivity contribution in [2.75, 3.05) is 6.16 Å². The molecule has 39 heavy (non-hydrogen) atoms. The van der Waals surface area contributed by atoms with Gasteiger partial charge in [-0.05, 0) is 61.5 Å². The molecule has 0 saturated heterocycles. The second kappa shape index (κ2) is 11.2. The first-order valence-corrected chi connectivity index (χ1v) is 14.0. The molecule has 1 amide bonds. The summed E-state index contributed by atoms with van der Waals surface area (Å²) in [6.07, 6.45) is -9.70. The van der Waals surface area contributed by atoms with Gasteiger partial charge in [-0.2, -0.15) is 26.3 Å². The molecule has 2 nitrogen and oxygen atoms in total. The Kier molecular flexibility index (Phi) is 8.17. The summed E-state index contributed by atoms with van der Waals surface area (Å²) in [5.41, 5.74) is -3.77. The minimum Gasteiger partial charge on any atom is -0.346 e. The maximum Gasteiger partial charge on any atom is 0.416 e. The summed E-state index contributed by atoms with van der Waals surface area (Å²) < 4.78 is 80.1. The Hall–Kier alpha value is -3.64. The zero-order valence-corrected chi connectivity index (χ0v) is 21.7. The van der Waals surface area contributed by atoms with Crippen LogP contribution in [0.1, 0.15) is 28.4 Å². The quantitative estimate of drug-likeness (QED) is 0.195. The van der Waals surface area contributed by atoms with Crippen molar-refractivity contribution in [3.05, 3.63) is 126 Å². The van der Waals surface area contributed by atoms with Gasteiger partial charge in [0, 0.05) is 5.56 Å². The monoisotopic (exact) mass is 560 g/mol. The van der Waals surface area contributed by atoms with E-state index >= 15 is 0 Å². The predicted molar refractivity (Wildman–Crippen MR) is 143 cm³/mol. The summed E-state index contributed by atoms with van der Waals surface area (Å²) in [5, 5.41) is 5.76. The molecular formula is C30H25F6NOP+. The Morgan fingerprint density at radius 3 is 1.36 bits per heavy atom. The van der Waals surface area contributed by atoms with Gasteiger partial charge in [-0.3, -0.25) is 4.79 Å². The third-order valence-corrected chi connectivity index (χ3v) is 11.0. The van der Waals surface area contributed by atoms with Gasteiger partial charge < -0.3 is 5.32 Å². The number of hydrogen-bond acceptors (Lipinski definition) is 1. The minimum atomic E-state index is -5.05. The Balaban J connectivity index is 1.75. The van der Waals surface area contributed by atoms with E-state index in [2.05, 4.69) is 5.32 Å². The highest BCUT2D eigenvalue weighted by atomic mass is 31.2. The molecule has 0 aliphatic carbocycles. The summed E-state index contributed by atoms with van der Waals surface area (Å²) in [5.74, 6) is -1.01. The molecule has 0 unspecified atom stereocenters. The fraction of sp³-hybridized carbons (Fsp3) is 0.167. The average Bonchev–Trinajstić information content (AvgIpc) is 2.92. The van der Waals surface area contributed by atoms with Crippen molar-refractivity contribution in [1.29, 1.82) is 0 Å². The van der Waals surface area contributed by atoms with Gasteiger partial charge in [0.25, 0.3) is 5.91 Å². The molecule has 0 radical (unpaired) electrons. The largest absolute Gasteiger partial charge is 0.416 e. The highest BCUT2D eigenvalue weighted by Gasteiger charge is 2.46. The van der Waals surface area contributed by atoms with Crippen LogP contribution >= 0.6 is 7.26 Å². The molecule has 1 atom stereocenters. The maximum atomic E-state index is 13.4. The standard InChI is InChI=1S/C30H24F6NOP/c1-21(37-28(38)22-17-23(29(31,32)33)19-24(18-22)30(34,35)36)20-39(25-11-5-2-6-12-25,26-13-7-3-8-14-26)27-15-9-4-10-16-27/h2-19,21H,20H2,1H3/p+1/t21-/m0/s1. The highest BCUT2D eigenvalue weighted by molar-refractivity contribution is 7.95. The average molecular weight is 560 g/mol. The summed E-state index contributed by atoms with van der Waals surface area (Å²) in [6, 6.07) is 29.5. The van der Waals surface area contributed by atoms with Crippen molar-refractivity contribution in [2.24, 2.45) is 0 Å². The van der Waals surface area contributed by atoms with E-state index in [1.54, 1.807) is 6.92 Å². The topological polar surface area (TPSA) is 29.1 Å². The van der Waals surface area contributed by atoms with Crippen LogP contribution in [0.5, 0.6) is 0 Å². The zero-order chi connectivity index (χ0) is 28.3. The van der Waals surface area contributed by atoms with Crippen LogP contribution in [0, 0.1) is 0 Å². The van der Waals surface area contributed by atoms with Gasteiger partial charge in [0.2, 0.25) is 0 Å². The van der Waals surface area contributed by atoms with Gasteiger partial charge >= 0.3 is 12.4 Å². The van der Waals surface area contributed by atoms with Gasteiger partial charge in [-0.25, -0.2) is 0 Å².